The van der Waals surface area contributed by atoms with Gasteiger partial charge in [0.2, 0.25) is 13.6 Å². The molecule has 4 nitrogen and oxygen atoms in total. The molecule has 0 amide bonds. The molecule has 0 saturated heterocycles. The van der Waals surface area contributed by atoms with Crippen LogP contribution < -0.4 is 0 Å². The maximum Gasteiger partial charge on any atom is 0.230 e. The smallest absolute Gasteiger partial charge is 0.230 e. The maximum absolute atomic E-state index is 5.80. The molecule has 2 heterocycles. The van der Waals surface area contributed by atoms with Gasteiger partial charge in [0.1, 0.15) is 19.6 Å². The summed E-state index contributed by atoms with van der Waals surface area (Å²) in [5.41, 5.74) is 7.99. The van der Waals surface area contributed by atoms with E-state index in [0.717, 1.165) is 44.8 Å². The van der Waals surface area contributed by atoms with Crippen LogP contribution in [0.15, 0.2) is 88.0 Å². The van der Waals surface area contributed by atoms with Gasteiger partial charge in [-0.3, -0.25) is 0 Å². The summed E-state index contributed by atoms with van der Waals surface area (Å²) in [4.78, 5) is 0. The molecule has 0 spiro atoms. The van der Waals surface area contributed by atoms with E-state index >= 15 is 0 Å². The molecule has 31 heavy (non-hydrogen) atoms. The average molecular weight is 562 g/mol. The first-order valence-corrected chi connectivity index (χ1v) is 15.0. The Kier molecular flexibility index (Phi) is 4.28. The fraction of sp³-hybridized carbons (Fsp3) is 0.333. The molecule has 6 rings (SSSR count). The molecule has 4 aliphatic carbocycles. The molecule has 0 atom stereocenters. The van der Waals surface area contributed by atoms with Crippen molar-refractivity contribution >= 4 is 39.9 Å². The molecule has 0 radical (unpaired) electrons. The van der Waals surface area contributed by atoms with Gasteiger partial charge in [0.15, 0.2) is 11.5 Å². The van der Waals surface area contributed by atoms with E-state index in [1.807, 2.05) is 0 Å². The molecule has 0 fully saturated rings. The lowest BCUT2D eigenvalue weighted by Gasteiger charge is -2.32. The predicted molar refractivity (Wildman–Crippen MR) is 128 cm³/mol. The van der Waals surface area contributed by atoms with E-state index < -0.39 is 8.07 Å². The van der Waals surface area contributed by atoms with Gasteiger partial charge < -0.3 is 18.9 Å². The molecule has 0 unspecified atom stereocenters. The third-order valence-electron chi connectivity index (χ3n) is 6.94. The van der Waals surface area contributed by atoms with Gasteiger partial charge in [-0.15, -0.1) is 0 Å². The average Bonchev–Trinajstić information content (AvgIpc) is 3.46. The standard InChI is InChI=1S/C24H22Br2O4Si/c1-11-5-13-15(7-17-21(19(13)25)29-9-27-17)23(11)31(3,4)24-12(2)6-14-16(24)8-18-22(20(14)26)30-10-28-18/h5-6H,7-10H2,1-4H3. The number of ether oxygens (including phenoxy) is 4. The fourth-order valence-electron chi connectivity index (χ4n) is 5.93. The summed E-state index contributed by atoms with van der Waals surface area (Å²) in [6, 6.07) is 0. The van der Waals surface area contributed by atoms with E-state index in [4.69, 9.17) is 18.9 Å². The molecule has 2 aliphatic heterocycles. The van der Waals surface area contributed by atoms with Crippen molar-refractivity contribution in [2.75, 3.05) is 13.6 Å². The molecule has 0 saturated carbocycles. The van der Waals surface area contributed by atoms with Crippen molar-refractivity contribution < 1.29 is 18.9 Å². The van der Waals surface area contributed by atoms with Crippen molar-refractivity contribution in [3.63, 3.8) is 0 Å². The second-order valence-electron chi connectivity index (χ2n) is 9.11. The SMILES string of the molecule is CC1=CC2=C(Br)C3=C(CC2=C1[Si](C)(C)C1=C2CC4=C(OCO4)C(Br)=C2C=C1C)OCO3. The van der Waals surface area contributed by atoms with Crippen molar-refractivity contribution in [2.24, 2.45) is 0 Å². The van der Waals surface area contributed by atoms with Crippen LogP contribution in [0.3, 0.4) is 0 Å². The summed E-state index contributed by atoms with van der Waals surface area (Å²) in [6.07, 6.45) is 6.22. The Morgan fingerprint density at radius 1 is 0.710 bits per heavy atom. The second kappa shape index (κ2) is 6.65. The van der Waals surface area contributed by atoms with Gasteiger partial charge in [-0.2, -0.15) is 0 Å². The van der Waals surface area contributed by atoms with Crippen molar-refractivity contribution in [2.45, 2.75) is 39.8 Å². The van der Waals surface area contributed by atoms with Crippen molar-refractivity contribution in [3.05, 3.63) is 88.0 Å². The highest BCUT2D eigenvalue weighted by molar-refractivity contribution is 9.12. The topological polar surface area (TPSA) is 36.9 Å². The summed E-state index contributed by atoms with van der Waals surface area (Å²) in [7, 11) is -2.05. The van der Waals surface area contributed by atoms with Gasteiger partial charge in [-0.25, -0.2) is 0 Å². The Bertz CT molecular complexity index is 1140. The second-order valence-corrected chi connectivity index (χ2v) is 14.9. The van der Waals surface area contributed by atoms with E-state index in [-0.39, 0.29) is 0 Å². The Morgan fingerprint density at radius 3 is 1.55 bits per heavy atom. The zero-order chi connectivity index (χ0) is 21.7. The Labute approximate surface area is 199 Å². The van der Waals surface area contributed by atoms with Gasteiger partial charge in [0.05, 0.1) is 8.96 Å². The highest BCUT2D eigenvalue weighted by Gasteiger charge is 2.45. The van der Waals surface area contributed by atoms with Crippen LogP contribution in [0.1, 0.15) is 26.7 Å². The lowest BCUT2D eigenvalue weighted by Crippen LogP contribution is -2.35. The number of hydrogen-bond acceptors (Lipinski definition) is 4. The number of fused-ring (bicyclic) bond motifs is 2. The highest BCUT2D eigenvalue weighted by Crippen LogP contribution is 2.54. The van der Waals surface area contributed by atoms with E-state index in [0.29, 0.717) is 13.6 Å². The minimum absolute atomic E-state index is 0.304. The van der Waals surface area contributed by atoms with E-state index in [2.05, 4.69) is 71.0 Å². The van der Waals surface area contributed by atoms with Crippen LogP contribution in [0.5, 0.6) is 0 Å². The van der Waals surface area contributed by atoms with Gasteiger partial charge in [-0.1, -0.05) is 36.4 Å². The summed E-state index contributed by atoms with van der Waals surface area (Å²) in [5, 5.41) is 3.02. The van der Waals surface area contributed by atoms with Gasteiger partial charge in [-0.05, 0) is 78.4 Å². The Hall–Kier alpha value is -1.70. The first-order valence-electron chi connectivity index (χ1n) is 10.4. The van der Waals surface area contributed by atoms with Crippen LogP contribution in [0, 0.1) is 0 Å². The molecule has 160 valence electrons. The quantitative estimate of drug-likeness (QED) is 0.346. The van der Waals surface area contributed by atoms with Crippen LogP contribution in [0.2, 0.25) is 13.1 Å². The largest absolute Gasteiger partial charge is 0.458 e. The lowest BCUT2D eigenvalue weighted by atomic mass is 9.99. The first-order chi connectivity index (χ1) is 14.8. The van der Waals surface area contributed by atoms with Crippen molar-refractivity contribution in [1.29, 1.82) is 0 Å². The summed E-state index contributed by atoms with van der Waals surface area (Å²) < 4.78 is 25.1. The minimum Gasteiger partial charge on any atom is -0.458 e. The van der Waals surface area contributed by atoms with Crippen molar-refractivity contribution in [3.8, 4) is 0 Å². The van der Waals surface area contributed by atoms with E-state index in [1.165, 1.54) is 43.8 Å². The van der Waals surface area contributed by atoms with E-state index in [9.17, 15) is 0 Å². The molecular weight excluding hydrogens is 540 g/mol. The molecule has 0 aromatic carbocycles. The van der Waals surface area contributed by atoms with Crippen LogP contribution in [0.4, 0.5) is 0 Å². The lowest BCUT2D eigenvalue weighted by molar-refractivity contribution is 0.0731. The number of rotatable bonds is 2. The maximum atomic E-state index is 5.80. The zero-order valence-electron chi connectivity index (χ0n) is 17.9. The molecule has 6 aliphatic rings. The fourth-order valence-corrected chi connectivity index (χ4v) is 11.6. The highest BCUT2D eigenvalue weighted by atomic mass is 79.9. The Morgan fingerprint density at radius 2 is 1.13 bits per heavy atom. The van der Waals surface area contributed by atoms with Gasteiger partial charge >= 0.3 is 0 Å². The summed E-state index contributed by atoms with van der Waals surface area (Å²) in [6.45, 7) is 10.1. The number of allylic oxidation sites excluding steroid dienone is 12. The molecule has 0 aromatic rings. The third kappa shape index (κ3) is 2.63. The summed E-state index contributed by atoms with van der Waals surface area (Å²) >= 11 is 7.59. The van der Waals surface area contributed by atoms with Crippen LogP contribution in [-0.4, -0.2) is 21.7 Å². The first kappa shape index (κ1) is 19.9. The molecule has 0 N–H and O–H groups in total. The summed E-state index contributed by atoms with van der Waals surface area (Å²) in [5.74, 6) is 3.61. The number of hydrogen-bond donors (Lipinski definition) is 0. The normalized spacial score (nSPS) is 24.6. The van der Waals surface area contributed by atoms with Crippen LogP contribution in [0.25, 0.3) is 0 Å². The monoisotopic (exact) mass is 560 g/mol. The third-order valence-corrected chi connectivity index (χ3v) is 12.4. The number of halogens is 2. The Balaban J connectivity index is 1.52. The van der Waals surface area contributed by atoms with Crippen LogP contribution in [-0.2, 0) is 18.9 Å². The molecule has 0 aromatic heterocycles. The van der Waals surface area contributed by atoms with Gasteiger partial charge in [0, 0.05) is 12.8 Å². The zero-order valence-corrected chi connectivity index (χ0v) is 22.0. The van der Waals surface area contributed by atoms with Crippen LogP contribution >= 0.6 is 31.9 Å². The van der Waals surface area contributed by atoms with Gasteiger partial charge in [0.25, 0.3) is 0 Å². The van der Waals surface area contributed by atoms with Crippen molar-refractivity contribution in [1.82, 2.24) is 0 Å². The molecule has 0 bridgehead atoms. The molecule has 7 heteroatoms. The van der Waals surface area contributed by atoms with E-state index in [1.54, 1.807) is 0 Å². The molecular formula is C24H22Br2O4Si. The predicted octanol–water partition coefficient (Wildman–Crippen LogP) is 6.82. The minimum atomic E-state index is -2.05.